The van der Waals surface area contributed by atoms with Crippen LogP contribution in [0.4, 0.5) is 0 Å². The lowest BCUT2D eigenvalue weighted by Crippen LogP contribution is -2.16. The van der Waals surface area contributed by atoms with Gasteiger partial charge in [-0.25, -0.2) is 0 Å². The number of rotatable bonds is 26. The van der Waals surface area contributed by atoms with Crippen molar-refractivity contribution in [1.82, 2.24) is 5.32 Å². The molecule has 0 fully saturated rings. The molecular weight excluding hydrogens is 410 g/mol. The van der Waals surface area contributed by atoms with Crippen LogP contribution in [-0.4, -0.2) is 13.1 Å². The highest BCUT2D eigenvalue weighted by atomic mass is 14.8. The third-order valence-corrected chi connectivity index (χ3v) is 6.47. The standard InChI is InChI=1S/C33H61N/c1-4-6-8-10-12-13-14-15-16-17-18-20-23-27-31-34-32-28-24-22-26-30-33(3)29-25-21-19-11-9-7-5-2/h10,12,14-15,19,21,29,34H,4-9,11,13,16-18,20,22-28,30-32H2,1-3H3/b12-10-,15-14-,21-19-,33-29?. The second-order valence-electron chi connectivity index (χ2n) is 10.0. The van der Waals surface area contributed by atoms with Gasteiger partial charge in [-0.15, -0.1) is 0 Å². The van der Waals surface area contributed by atoms with E-state index in [1.165, 1.54) is 129 Å². The van der Waals surface area contributed by atoms with E-state index in [1.54, 1.807) is 5.57 Å². The Morgan fingerprint density at radius 2 is 1.00 bits per heavy atom. The molecule has 0 aromatic rings. The van der Waals surface area contributed by atoms with Crippen LogP contribution in [0.5, 0.6) is 0 Å². The predicted molar refractivity (Wildman–Crippen MR) is 158 cm³/mol. The van der Waals surface area contributed by atoms with Crippen molar-refractivity contribution in [1.29, 1.82) is 0 Å². The van der Waals surface area contributed by atoms with E-state index in [2.05, 4.69) is 68.6 Å². The van der Waals surface area contributed by atoms with E-state index in [9.17, 15) is 0 Å². The Balaban J connectivity index is 3.27. The van der Waals surface area contributed by atoms with Crippen molar-refractivity contribution in [3.8, 4) is 0 Å². The van der Waals surface area contributed by atoms with Crippen LogP contribution in [0.25, 0.3) is 0 Å². The molecule has 0 aromatic heterocycles. The predicted octanol–water partition coefficient (Wildman–Crippen LogP) is 11.0. The molecule has 0 saturated carbocycles. The van der Waals surface area contributed by atoms with Gasteiger partial charge in [0.05, 0.1) is 0 Å². The molecular formula is C33H61N. The van der Waals surface area contributed by atoms with Gasteiger partial charge in [-0.05, 0) is 90.6 Å². The van der Waals surface area contributed by atoms with Gasteiger partial charge < -0.3 is 5.32 Å². The summed E-state index contributed by atoms with van der Waals surface area (Å²) in [5.41, 5.74) is 1.57. The monoisotopic (exact) mass is 471 g/mol. The molecule has 0 aliphatic rings. The minimum Gasteiger partial charge on any atom is -0.317 e. The molecule has 0 spiro atoms. The minimum absolute atomic E-state index is 1.11. The number of unbranched alkanes of at least 4 members (excludes halogenated alkanes) is 13. The summed E-state index contributed by atoms with van der Waals surface area (Å²) in [4.78, 5) is 0. The van der Waals surface area contributed by atoms with Gasteiger partial charge >= 0.3 is 0 Å². The van der Waals surface area contributed by atoms with Crippen molar-refractivity contribution in [3.63, 3.8) is 0 Å². The van der Waals surface area contributed by atoms with Crippen molar-refractivity contribution in [2.24, 2.45) is 0 Å². The molecule has 0 atom stereocenters. The maximum Gasteiger partial charge on any atom is -0.00489 e. The van der Waals surface area contributed by atoms with Crippen LogP contribution in [0, 0.1) is 0 Å². The average molecular weight is 472 g/mol. The molecule has 1 heteroatoms. The third kappa shape index (κ3) is 29.0. The number of allylic oxidation sites excluding steroid dienone is 8. The van der Waals surface area contributed by atoms with E-state index in [-0.39, 0.29) is 0 Å². The topological polar surface area (TPSA) is 12.0 Å². The van der Waals surface area contributed by atoms with Crippen LogP contribution in [0.3, 0.4) is 0 Å². The van der Waals surface area contributed by atoms with Gasteiger partial charge in [0.15, 0.2) is 0 Å². The Morgan fingerprint density at radius 1 is 0.500 bits per heavy atom. The van der Waals surface area contributed by atoms with E-state index in [0.29, 0.717) is 0 Å². The molecule has 1 nitrogen and oxygen atoms in total. The summed E-state index contributed by atoms with van der Waals surface area (Å²) >= 11 is 0. The lowest BCUT2D eigenvalue weighted by molar-refractivity contribution is 0.550. The van der Waals surface area contributed by atoms with Gasteiger partial charge in [-0.3, -0.25) is 0 Å². The summed E-state index contributed by atoms with van der Waals surface area (Å²) in [6.45, 7) is 9.24. The first-order valence-corrected chi connectivity index (χ1v) is 15.1. The molecule has 0 heterocycles. The Morgan fingerprint density at radius 3 is 1.65 bits per heavy atom. The average Bonchev–Trinajstić information content (AvgIpc) is 2.84. The molecule has 1 N–H and O–H groups in total. The second-order valence-corrected chi connectivity index (χ2v) is 10.0. The Kier molecular flexibility index (Phi) is 29.0. The van der Waals surface area contributed by atoms with Crippen LogP contribution >= 0.6 is 0 Å². The Hall–Kier alpha value is -1.08. The summed E-state index contributed by atoms with van der Waals surface area (Å²) in [5.74, 6) is 0. The smallest absolute Gasteiger partial charge is 0.00489 e. The van der Waals surface area contributed by atoms with Crippen LogP contribution in [-0.2, 0) is 0 Å². The number of nitrogens with one attached hydrogen (secondary N) is 1. The zero-order valence-corrected chi connectivity index (χ0v) is 23.6. The zero-order chi connectivity index (χ0) is 24.8. The largest absolute Gasteiger partial charge is 0.317 e. The van der Waals surface area contributed by atoms with Crippen molar-refractivity contribution in [3.05, 3.63) is 48.1 Å². The van der Waals surface area contributed by atoms with E-state index in [1.807, 2.05) is 0 Å². The summed E-state index contributed by atoms with van der Waals surface area (Å²) in [6.07, 6.45) is 42.7. The first kappa shape index (κ1) is 32.9. The van der Waals surface area contributed by atoms with Gasteiger partial charge in [-0.1, -0.05) is 120 Å². The van der Waals surface area contributed by atoms with E-state index >= 15 is 0 Å². The highest BCUT2D eigenvalue weighted by Crippen LogP contribution is 2.11. The van der Waals surface area contributed by atoms with E-state index < -0.39 is 0 Å². The fourth-order valence-corrected chi connectivity index (χ4v) is 4.10. The maximum atomic E-state index is 3.64. The van der Waals surface area contributed by atoms with Crippen LogP contribution in [0.1, 0.15) is 149 Å². The highest BCUT2D eigenvalue weighted by molar-refractivity contribution is 5.02. The summed E-state index contributed by atoms with van der Waals surface area (Å²) in [5, 5.41) is 3.64. The lowest BCUT2D eigenvalue weighted by atomic mass is 10.1. The summed E-state index contributed by atoms with van der Waals surface area (Å²) in [6, 6.07) is 0. The second kappa shape index (κ2) is 30.0. The van der Waals surface area contributed by atoms with E-state index in [0.717, 1.165) is 12.8 Å². The molecule has 0 rings (SSSR count). The molecule has 34 heavy (non-hydrogen) atoms. The first-order chi connectivity index (χ1) is 16.8. The first-order valence-electron chi connectivity index (χ1n) is 15.1. The number of hydrogen-bond acceptors (Lipinski definition) is 1. The molecule has 0 saturated heterocycles. The molecule has 0 unspecified atom stereocenters. The maximum absolute atomic E-state index is 3.64. The van der Waals surface area contributed by atoms with E-state index in [4.69, 9.17) is 0 Å². The minimum atomic E-state index is 1.11. The molecule has 0 bridgehead atoms. The molecule has 0 aliphatic carbocycles. The van der Waals surface area contributed by atoms with Crippen LogP contribution < -0.4 is 5.32 Å². The van der Waals surface area contributed by atoms with Gasteiger partial charge in [-0.2, -0.15) is 0 Å². The van der Waals surface area contributed by atoms with Gasteiger partial charge in [0.2, 0.25) is 0 Å². The lowest BCUT2D eigenvalue weighted by Gasteiger charge is -2.05. The van der Waals surface area contributed by atoms with Crippen molar-refractivity contribution >= 4 is 0 Å². The molecule has 0 aliphatic heterocycles. The quantitative estimate of drug-likeness (QED) is 0.0976. The van der Waals surface area contributed by atoms with Gasteiger partial charge in [0, 0.05) is 0 Å². The molecule has 0 radical (unpaired) electrons. The fourth-order valence-electron chi connectivity index (χ4n) is 4.10. The fraction of sp³-hybridized carbons (Fsp3) is 0.758. The molecule has 0 amide bonds. The summed E-state index contributed by atoms with van der Waals surface area (Å²) < 4.78 is 0. The van der Waals surface area contributed by atoms with Crippen molar-refractivity contribution in [2.45, 2.75) is 149 Å². The molecule has 198 valence electrons. The zero-order valence-electron chi connectivity index (χ0n) is 23.6. The highest BCUT2D eigenvalue weighted by Gasteiger charge is 1.94. The van der Waals surface area contributed by atoms with Gasteiger partial charge in [0.25, 0.3) is 0 Å². The van der Waals surface area contributed by atoms with Crippen LogP contribution in [0.15, 0.2) is 48.1 Å². The van der Waals surface area contributed by atoms with Crippen molar-refractivity contribution < 1.29 is 0 Å². The Bertz CT molecular complexity index is 497. The molecule has 0 aromatic carbocycles. The van der Waals surface area contributed by atoms with Crippen LogP contribution in [0.2, 0.25) is 0 Å². The van der Waals surface area contributed by atoms with Crippen molar-refractivity contribution in [2.75, 3.05) is 13.1 Å². The number of hydrogen-bond donors (Lipinski definition) is 1. The third-order valence-electron chi connectivity index (χ3n) is 6.47. The van der Waals surface area contributed by atoms with Gasteiger partial charge in [0.1, 0.15) is 0 Å². The Labute approximate surface area is 215 Å². The SMILES string of the molecule is CCCC/C=C\C/C=C\CCCCCCCNCCCCCCC(C)=CC/C=C\CCCCC. The normalized spacial score (nSPS) is 12.7. The summed E-state index contributed by atoms with van der Waals surface area (Å²) in [7, 11) is 0.